The molecule has 5 nitrogen and oxygen atoms in total. The number of aryl methyl sites for hydroxylation is 1. The highest BCUT2D eigenvalue weighted by Crippen LogP contribution is 2.31. The summed E-state index contributed by atoms with van der Waals surface area (Å²) >= 11 is 12.9. The van der Waals surface area contributed by atoms with Gasteiger partial charge in [0.25, 0.3) is 0 Å². The van der Waals surface area contributed by atoms with Crippen molar-refractivity contribution in [1.29, 1.82) is 0 Å². The molecule has 0 saturated carbocycles. The van der Waals surface area contributed by atoms with E-state index < -0.39 is 5.91 Å². The maximum Gasteiger partial charge on any atom is 0.307 e. The first-order chi connectivity index (χ1) is 12.3. The van der Waals surface area contributed by atoms with Crippen molar-refractivity contribution in [2.45, 2.75) is 13.8 Å². The van der Waals surface area contributed by atoms with Gasteiger partial charge in [-0.25, -0.2) is 5.43 Å². The molecule has 0 fully saturated rings. The monoisotopic (exact) mass is 498 g/mol. The van der Waals surface area contributed by atoms with Crippen LogP contribution >= 0.6 is 43.5 Å². The molecule has 2 N–H and O–H groups in total. The van der Waals surface area contributed by atoms with Crippen molar-refractivity contribution in [3.63, 3.8) is 0 Å². The summed E-state index contributed by atoms with van der Waals surface area (Å²) in [5.74, 6) is -0.331. The van der Waals surface area contributed by atoms with Crippen LogP contribution in [0.5, 0.6) is 5.75 Å². The Morgan fingerprint density at radius 3 is 2.69 bits per heavy atom. The second-order valence-electron chi connectivity index (χ2n) is 5.67. The number of carbonyl (C=O) groups excluding carboxylic acids is 1. The van der Waals surface area contributed by atoms with Gasteiger partial charge >= 0.3 is 5.91 Å². The predicted octanol–water partition coefficient (Wildman–Crippen LogP) is 5.78. The number of halogens is 3. The minimum Gasteiger partial charge on any atom is -0.507 e. The molecular weight excluding hydrogens is 487 g/mol. The number of nitrogens with zero attached hydrogens (tertiary/aromatic N) is 1. The zero-order valence-electron chi connectivity index (χ0n) is 13.7. The van der Waals surface area contributed by atoms with Crippen molar-refractivity contribution >= 4 is 66.0 Å². The lowest BCUT2D eigenvalue weighted by Gasteiger charge is -2.07. The van der Waals surface area contributed by atoms with E-state index in [-0.39, 0.29) is 11.5 Å². The summed E-state index contributed by atoms with van der Waals surface area (Å²) in [7, 11) is 0. The molecule has 2 aromatic carbocycles. The molecule has 134 valence electrons. The highest BCUT2D eigenvalue weighted by Gasteiger charge is 2.15. The van der Waals surface area contributed by atoms with Crippen LogP contribution in [0, 0.1) is 6.92 Å². The van der Waals surface area contributed by atoms with E-state index >= 15 is 0 Å². The Kier molecular flexibility index (Phi) is 5.41. The molecule has 0 unspecified atom stereocenters. The first kappa shape index (κ1) is 18.9. The molecule has 0 spiro atoms. The van der Waals surface area contributed by atoms with E-state index in [2.05, 4.69) is 42.4 Å². The third-order valence-corrected chi connectivity index (χ3v) is 5.21. The number of furan rings is 1. The lowest BCUT2D eigenvalue weighted by molar-refractivity contribution is 0.0929. The van der Waals surface area contributed by atoms with E-state index in [0.29, 0.717) is 21.9 Å². The highest BCUT2D eigenvalue weighted by molar-refractivity contribution is 9.11. The molecule has 0 atom stereocenters. The zero-order chi connectivity index (χ0) is 19.0. The minimum atomic E-state index is -0.499. The summed E-state index contributed by atoms with van der Waals surface area (Å²) in [4.78, 5) is 12.3. The molecular formula is C18H13Br2ClN2O3. The van der Waals surface area contributed by atoms with Gasteiger partial charge in [0.2, 0.25) is 0 Å². The fourth-order valence-electron chi connectivity index (χ4n) is 2.39. The quantitative estimate of drug-likeness (QED) is 0.354. The maximum absolute atomic E-state index is 12.3. The average Bonchev–Trinajstić information content (AvgIpc) is 3.00. The number of rotatable bonds is 3. The fraction of sp³-hybridized carbons (Fsp3) is 0.111. The topological polar surface area (TPSA) is 74.8 Å². The van der Waals surface area contributed by atoms with E-state index in [1.807, 2.05) is 12.1 Å². The Morgan fingerprint density at radius 2 is 1.96 bits per heavy atom. The van der Waals surface area contributed by atoms with Gasteiger partial charge in [0.15, 0.2) is 5.76 Å². The van der Waals surface area contributed by atoms with Gasteiger partial charge in [-0.3, -0.25) is 4.79 Å². The first-order valence-corrected chi connectivity index (χ1v) is 9.45. The third kappa shape index (κ3) is 3.79. The number of hydrogen-bond donors (Lipinski definition) is 2. The molecule has 3 rings (SSSR count). The second-order valence-corrected chi connectivity index (χ2v) is 7.85. The van der Waals surface area contributed by atoms with Crippen LogP contribution in [0.15, 0.2) is 48.8 Å². The minimum absolute atomic E-state index is 0.0416. The number of phenols is 1. The standard InChI is InChI=1S/C18H13Br2ClN2O3/c1-8-3-15(24)12(7-14(8)21)9(2)22-23-18(25)16-5-10-4-11(19)6-13(20)17(10)26-16/h3-7,24H,1-2H3,(H,23,25). The van der Waals surface area contributed by atoms with Gasteiger partial charge in [-0.05, 0) is 65.7 Å². The van der Waals surface area contributed by atoms with E-state index in [1.54, 1.807) is 32.0 Å². The Hall–Kier alpha value is -1.83. The maximum atomic E-state index is 12.3. The summed E-state index contributed by atoms with van der Waals surface area (Å²) in [6.07, 6.45) is 0. The molecule has 1 heterocycles. The van der Waals surface area contributed by atoms with Gasteiger partial charge in [-0.2, -0.15) is 5.10 Å². The normalized spacial score (nSPS) is 11.8. The largest absolute Gasteiger partial charge is 0.507 e. The fourth-order valence-corrected chi connectivity index (χ4v) is 3.90. The Labute approximate surface area is 171 Å². The van der Waals surface area contributed by atoms with Gasteiger partial charge in [0.05, 0.1) is 10.2 Å². The number of nitrogens with one attached hydrogen (secondary N) is 1. The average molecular weight is 501 g/mol. The number of aromatic hydroxyl groups is 1. The Morgan fingerprint density at radius 1 is 1.23 bits per heavy atom. The van der Waals surface area contributed by atoms with Crippen LogP contribution in [-0.4, -0.2) is 16.7 Å². The van der Waals surface area contributed by atoms with Crippen molar-refractivity contribution < 1.29 is 14.3 Å². The van der Waals surface area contributed by atoms with Crippen LogP contribution < -0.4 is 5.43 Å². The van der Waals surface area contributed by atoms with Gasteiger partial charge in [-0.1, -0.05) is 27.5 Å². The molecule has 8 heteroatoms. The van der Waals surface area contributed by atoms with Crippen molar-refractivity contribution in [2.75, 3.05) is 0 Å². The number of amides is 1. The van der Waals surface area contributed by atoms with Crippen molar-refractivity contribution in [1.82, 2.24) is 5.43 Å². The smallest absolute Gasteiger partial charge is 0.307 e. The highest BCUT2D eigenvalue weighted by atomic mass is 79.9. The van der Waals surface area contributed by atoms with E-state index in [1.165, 1.54) is 0 Å². The molecule has 0 bridgehead atoms. The van der Waals surface area contributed by atoms with Crippen LogP contribution in [-0.2, 0) is 0 Å². The number of carbonyl (C=O) groups is 1. The second kappa shape index (κ2) is 7.42. The lowest BCUT2D eigenvalue weighted by atomic mass is 10.1. The summed E-state index contributed by atoms with van der Waals surface area (Å²) in [5.41, 5.74) is 4.61. The first-order valence-electron chi connectivity index (χ1n) is 7.49. The number of hydrogen-bond acceptors (Lipinski definition) is 4. The summed E-state index contributed by atoms with van der Waals surface area (Å²) in [6, 6.07) is 8.46. The molecule has 0 aliphatic rings. The molecule has 1 amide bonds. The SMILES string of the molecule is CC(=NNC(=O)c1cc2cc(Br)cc(Br)c2o1)c1cc(Cl)c(C)cc1O. The molecule has 3 aromatic rings. The van der Waals surface area contributed by atoms with Crippen LogP contribution in [0.25, 0.3) is 11.0 Å². The summed E-state index contributed by atoms with van der Waals surface area (Å²) in [5, 5.41) is 15.4. The molecule has 1 aromatic heterocycles. The van der Waals surface area contributed by atoms with E-state index in [0.717, 1.165) is 19.9 Å². The van der Waals surface area contributed by atoms with Crippen molar-refractivity contribution in [3.05, 3.63) is 61.2 Å². The van der Waals surface area contributed by atoms with E-state index in [9.17, 15) is 9.90 Å². The molecule has 0 aliphatic heterocycles. The third-order valence-electron chi connectivity index (χ3n) is 3.75. The molecule has 0 radical (unpaired) electrons. The molecule has 0 aliphatic carbocycles. The molecule has 0 saturated heterocycles. The van der Waals surface area contributed by atoms with Gasteiger partial charge in [0, 0.05) is 20.4 Å². The Balaban J connectivity index is 1.85. The number of benzene rings is 2. The van der Waals surface area contributed by atoms with Crippen LogP contribution in [0.1, 0.15) is 28.6 Å². The summed E-state index contributed by atoms with van der Waals surface area (Å²) < 4.78 is 7.19. The van der Waals surface area contributed by atoms with Crippen LogP contribution in [0.3, 0.4) is 0 Å². The van der Waals surface area contributed by atoms with Gasteiger partial charge in [0.1, 0.15) is 11.3 Å². The van der Waals surface area contributed by atoms with Crippen molar-refractivity contribution in [2.24, 2.45) is 5.10 Å². The Bertz CT molecular complexity index is 1060. The zero-order valence-corrected chi connectivity index (χ0v) is 17.7. The number of fused-ring (bicyclic) bond motifs is 1. The van der Waals surface area contributed by atoms with Gasteiger partial charge < -0.3 is 9.52 Å². The van der Waals surface area contributed by atoms with Crippen LogP contribution in [0.2, 0.25) is 5.02 Å². The summed E-state index contributed by atoms with van der Waals surface area (Å²) in [6.45, 7) is 3.45. The van der Waals surface area contributed by atoms with Crippen molar-refractivity contribution in [3.8, 4) is 5.75 Å². The van der Waals surface area contributed by atoms with E-state index in [4.69, 9.17) is 16.0 Å². The molecule has 26 heavy (non-hydrogen) atoms. The van der Waals surface area contributed by atoms with Crippen LogP contribution in [0.4, 0.5) is 0 Å². The van der Waals surface area contributed by atoms with Gasteiger partial charge in [-0.15, -0.1) is 0 Å². The number of hydrazone groups is 1. The lowest BCUT2D eigenvalue weighted by Crippen LogP contribution is -2.18. The predicted molar refractivity (Wildman–Crippen MR) is 109 cm³/mol. The number of phenolic OH excluding ortho intramolecular Hbond substituents is 1.